The van der Waals surface area contributed by atoms with Crippen molar-refractivity contribution in [2.24, 2.45) is 5.92 Å². The fraction of sp³-hybridized carbons (Fsp3) is 0.528. The van der Waals surface area contributed by atoms with Crippen LogP contribution in [0.1, 0.15) is 105 Å². The highest BCUT2D eigenvalue weighted by molar-refractivity contribution is 7.23. The molecule has 12 heteroatoms. The number of nitriles is 1. The third-order valence-electron chi connectivity index (χ3n) is 7.52. The molecule has 0 radical (unpaired) electrons. The molecule has 48 heavy (non-hydrogen) atoms. The second-order valence-corrected chi connectivity index (χ2v) is 13.3. The Labute approximate surface area is 286 Å². The molecule has 6 rings (SSSR count). The fourth-order valence-electron chi connectivity index (χ4n) is 5.07. The molecule has 2 aliphatic heterocycles. The van der Waals surface area contributed by atoms with Crippen molar-refractivity contribution in [3.8, 4) is 17.3 Å². The molecule has 1 aromatic carbocycles. The molecule has 2 aliphatic rings. The number of thiophene rings is 1. The molecular formula is C36H48F2N6O3S. The number of rotatable bonds is 4. The van der Waals surface area contributed by atoms with Crippen molar-refractivity contribution >= 4 is 49.4 Å². The van der Waals surface area contributed by atoms with Crippen molar-refractivity contribution in [1.29, 1.82) is 5.26 Å². The van der Waals surface area contributed by atoms with Crippen LogP contribution in [0.25, 0.3) is 32.2 Å². The van der Waals surface area contributed by atoms with Crippen molar-refractivity contribution in [3.05, 3.63) is 40.7 Å². The molecule has 1 amide bonds. The maximum atomic E-state index is 16.5. The summed E-state index contributed by atoms with van der Waals surface area (Å²) in [7, 11) is 0. The molecule has 0 bridgehead atoms. The van der Waals surface area contributed by atoms with Gasteiger partial charge in [-0.1, -0.05) is 54.9 Å². The van der Waals surface area contributed by atoms with Crippen LogP contribution >= 0.6 is 11.3 Å². The van der Waals surface area contributed by atoms with E-state index in [0.29, 0.717) is 16.9 Å². The van der Waals surface area contributed by atoms with Gasteiger partial charge in [0.2, 0.25) is 5.95 Å². The van der Waals surface area contributed by atoms with E-state index < -0.39 is 23.3 Å². The van der Waals surface area contributed by atoms with Gasteiger partial charge in [-0.3, -0.25) is 10.3 Å². The lowest BCUT2D eigenvalue weighted by molar-refractivity contribution is 0.0636. The van der Waals surface area contributed by atoms with Crippen LogP contribution in [0.3, 0.4) is 0 Å². The van der Waals surface area contributed by atoms with E-state index >= 15 is 8.78 Å². The van der Waals surface area contributed by atoms with Gasteiger partial charge in [-0.15, -0.1) is 11.3 Å². The number of nitrogens with one attached hydrogen (secondary N) is 1. The number of benzene rings is 1. The second kappa shape index (κ2) is 16.9. The van der Waals surface area contributed by atoms with Crippen LogP contribution in [-0.2, 0) is 22.7 Å². The smallest absolute Gasteiger partial charge is 0.412 e. The maximum Gasteiger partial charge on any atom is 0.412 e. The minimum absolute atomic E-state index is 0.0320. The normalized spacial score (nSPS) is 13.5. The third-order valence-corrected chi connectivity index (χ3v) is 8.64. The predicted octanol–water partition coefficient (Wildman–Crippen LogP) is 10.1. The van der Waals surface area contributed by atoms with Gasteiger partial charge >= 0.3 is 6.09 Å². The number of amides is 1. The van der Waals surface area contributed by atoms with E-state index in [-0.39, 0.29) is 50.6 Å². The van der Waals surface area contributed by atoms with Gasteiger partial charge in [0.25, 0.3) is 0 Å². The zero-order valence-corrected chi connectivity index (χ0v) is 30.6. The van der Waals surface area contributed by atoms with Gasteiger partial charge in [0.1, 0.15) is 22.2 Å². The highest BCUT2D eigenvalue weighted by Gasteiger charge is 2.31. The number of hydrogen-bond donors (Lipinski definition) is 1. The third kappa shape index (κ3) is 8.36. The summed E-state index contributed by atoms with van der Waals surface area (Å²) in [5.41, 5.74) is 0.768. The molecule has 1 saturated heterocycles. The molecule has 0 unspecified atom stereocenters. The summed E-state index contributed by atoms with van der Waals surface area (Å²) >= 11 is 0.865. The van der Waals surface area contributed by atoms with Crippen LogP contribution in [-0.4, -0.2) is 39.7 Å². The first-order valence-corrected chi connectivity index (χ1v) is 17.6. The lowest BCUT2D eigenvalue weighted by Gasteiger charge is -2.19. The van der Waals surface area contributed by atoms with E-state index in [4.69, 9.17) is 9.47 Å². The Morgan fingerprint density at radius 1 is 1.10 bits per heavy atom. The number of carbonyl (C=O) groups excluding carboxylic acids is 1. The first-order chi connectivity index (χ1) is 22.9. The standard InChI is InChI=1S/C27H24F2N6O3S.C5H12.2C2H6/c1-27(2,3)38-26(36)34-24-13(8-30)19-22(31-10-17(28)23(19)39-24)18-16-12-37-11-15(16)14-9-32-25(33-21(14)20(18)29)35-6-4-5-7-35;1-4-5(2)3;2*1-2/h9-10H,4-7,11-12H2,1-3H3,(H,34,36);5H,4H2,1-3H3;2*1-2H3. The van der Waals surface area contributed by atoms with E-state index in [9.17, 15) is 10.1 Å². The summed E-state index contributed by atoms with van der Waals surface area (Å²) in [6.07, 6.45) is 5.16. The molecule has 9 nitrogen and oxygen atoms in total. The molecule has 3 aromatic heterocycles. The topological polar surface area (TPSA) is 113 Å². The highest BCUT2D eigenvalue weighted by atomic mass is 32.1. The summed E-state index contributed by atoms with van der Waals surface area (Å²) in [5, 5.41) is 13.4. The van der Waals surface area contributed by atoms with Crippen molar-refractivity contribution in [2.45, 2.75) is 107 Å². The number of fused-ring (bicyclic) bond motifs is 4. The van der Waals surface area contributed by atoms with Gasteiger partial charge in [-0.25, -0.2) is 23.5 Å². The molecule has 0 aliphatic carbocycles. The van der Waals surface area contributed by atoms with E-state index in [1.165, 1.54) is 6.42 Å². The van der Waals surface area contributed by atoms with Gasteiger partial charge < -0.3 is 14.4 Å². The molecule has 5 heterocycles. The van der Waals surface area contributed by atoms with E-state index in [1.54, 1.807) is 27.0 Å². The number of ether oxygens (including phenoxy) is 2. The Morgan fingerprint density at radius 2 is 1.73 bits per heavy atom. The minimum atomic E-state index is -0.794. The Kier molecular flexibility index (Phi) is 13.6. The second-order valence-electron chi connectivity index (χ2n) is 12.3. The van der Waals surface area contributed by atoms with Crippen molar-refractivity contribution in [2.75, 3.05) is 23.3 Å². The summed E-state index contributed by atoms with van der Waals surface area (Å²) in [4.78, 5) is 27.8. The van der Waals surface area contributed by atoms with Crippen LogP contribution in [0.4, 0.5) is 24.5 Å². The van der Waals surface area contributed by atoms with Gasteiger partial charge in [0.15, 0.2) is 11.6 Å². The predicted molar refractivity (Wildman–Crippen MR) is 190 cm³/mol. The zero-order valence-electron chi connectivity index (χ0n) is 29.8. The lowest BCUT2D eigenvalue weighted by atomic mass is 9.94. The quantitative estimate of drug-likeness (QED) is 0.226. The molecule has 0 saturated carbocycles. The average Bonchev–Trinajstić information content (AvgIpc) is 3.84. The molecular weight excluding hydrogens is 634 g/mol. The summed E-state index contributed by atoms with van der Waals surface area (Å²) in [6, 6.07) is 2.04. The molecule has 1 N–H and O–H groups in total. The van der Waals surface area contributed by atoms with Crippen LogP contribution in [0.5, 0.6) is 0 Å². The number of aromatic nitrogens is 3. The Morgan fingerprint density at radius 3 is 2.31 bits per heavy atom. The Balaban J connectivity index is 0.000000628. The van der Waals surface area contributed by atoms with Crippen molar-refractivity contribution in [1.82, 2.24) is 15.0 Å². The monoisotopic (exact) mass is 682 g/mol. The van der Waals surface area contributed by atoms with E-state index in [0.717, 1.165) is 54.9 Å². The number of hydrogen-bond acceptors (Lipinski definition) is 9. The lowest BCUT2D eigenvalue weighted by Crippen LogP contribution is -2.27. The number of carbonyl (C=O) groups is 1. The molecule has 4 aromatic rings. The van der Waals surface area contributed by atoms with Crippen LogP contribution < -0.4 is 10.2 Å². The Hall–Kier alpha value is -3.95. The number of anilines is 2. The SMILES string of the molecule is CC.CC.CC(C)(C)OC(=O)Nc1sc2c(F)cnc(-c3c4c(c5cnc(N6CCCC6)nc5c3F)COC4)c2c1C#N.CCC(C)C. The first kappa shape index (κ1) is 38.5. The minimum Gasteiger partial charge on any atom is -0.444 e. The van der Waals surface area contributed by atoms with E-state index in [1.807, 2.05) is 38.7 Å². The Bertz CT molecular complexity index is 1770. The van der Waals surface area contributed by atoms with Crippen LogP contribution in [0, 0.1) is 28.9 Å². The van der Waals surface area contributed by atoms with Crippen LogP contribution in [0.2, 0.25) is 0 Å². The molecule has 260 valence electrons. The van der Waals surface area contributed by atoms with Crippen molar-refractivity contribution in [3.63, 3.8) is 0 Å². The molecule has 0 spiro atoms. The number of halogens is 2. The zero-order chi connectivity index (χ0) is 35.8. The van der Waals surface area contributed by atoms with Gasteiger partial charge in [-0.05, 0) is 50.7 Å². The fourth-order valence-corrected chi connectivity index (χ4v) is 6.11. The highest BCUT2D eigenvalue weighted by Crippen LogP contribution is 2.46. The summed E-state index contributed by atoms with van der Waals surface area (Å²) < 4.78 is 42.6. The largest absolute Gasteiger partial charge is 0.444 e. The first-order valence-electron chi connectivity index (χ1n) is 16.8. The van der Waals surface area contributed by atoms with Gasteiger partial charge in [-0.2, -0.15) is 5.26 Å². The van der Waals surface area contributed by atoms with E-state index in [2.05, 4.69) is 41.0 Å². The molecule has 0 atom stereocenters. The maximum absolute atomic E-state index is 16.5. The van der Waals surface area contributed by atoms with Gasteiger partial charge in [0.05, 0.1) is 35.4 Å². The summed E-state index contributed by atoms with van der Waals surface area (Å²) in [6.45, 7) is 21.7. The average molecular weight is 683 g/mol. The number of pyridine rings is 1. The molecule has 1 fully saturated rings. The number of nitrogens with zero attached hydrogens (tertiary/aromatic N) is 5. The van der Waals surface area contributed by atoms with Crippen LogP contribution in [0.15, 0.2) is 12.4 Å². The van der Waals surface area contributed by atoms with Gasteiger partial charge in [0, 0.05) is 35.6 Å². The summed E-state index contributed by atoms with van der Waals surface area (Å²) in [5.74, 6) is -0.0116. The van der Waals surface area contributed by atoms with Crippen molar-refractivity contribution < 1.29 is 23.0 Å².